The van der Waals surface area contributed by atoms with Crippen molar-refractivity contribution >= 4 is 38.9 Å². The Morgan fingerprint density at radius 2 is 1.86 bits per heavy atom. The number of nitrogens with one attached hydrogen (secondary N) is 1. The van der Waals surface area contributed by atoms with E-state index in [2.05, 4.69) is 14.4 Å². The van der Waals surface area contributed by atoms with Gasteiger partial charge in [-0.15, -0.1) is 0 Å². The molecule has 11 nitrogen and oxygen atoms in total. The van der Waals surface area contributed by atoms with Crippen molar-refractivity contribution in [3.05, 3.63) is 36.0 Å². The zero-order valence-corrected chi connectivity index (χ0v) is 16.5. The number of thioether (sulfide) groups is 1. The highest BCUT2D eigenvalue weighted by atomic mass is 32.3. The molecule has 0 radical (unpaired) electrons. The molecule has 5 unspecified atom stereocenters. The van der Waals surface area contributed by atoms with Gasteiger partial charge in [-0.1, -0.05) is 35.1 Å². The number of aliphatic hydroxyl groups is 4. The van der Waals surface area contributed by atoms with E-state index in [0.29, 0.717) is 0 Å². The first-order valence-corrected chi connectivity index (χ1v) is 10.8. The van der Waals surface area contributed by atoms with Gasteiger partial charge in [0.2, 0.25) is 0 Å². The fraction of sp³-hybridized carbons (Fsp3) is 0.438. The zero-order chi connectivity index (χ0) is 21.2. The molecule has 1 aromatic carbocycles. The highest BCUT2D eigenvalue weighted by Gasteiger charge is 2.44. The number of rotatable bonds is 6. The third-order valence-corrected chi connectivity index (χ3v) is 5.74. The molecular formula is C16H22N2O9S2. The Morgan fingerprint density at radius 1 is 1.14 bits per heavy atom. The Balaban J connectivity index is 1.84. The average molecular weight is 450 g/mol. The first-order valence-electron chi connectivity index (χ1n) is 8.48. The summed E-state index contributed by atoms with van der Waals surface area (Å²) in [6.45, 7) is -0.593. The minimum atomic E-state index is -4.37. The van der Waals surface area contributed by atoms with Crippen LogP contribution in [0, 0.1) is 0 Å². The number of benzene rings is 1. The van der Waals surface area contributed by atoms with Crippen molar-refractivity contribution in [2.24, 2.45) is 5.16 Å². The van der Waals surface area contributed by atoms with Crippen LogP contribution in [0.1, 0.15) is 5.56 Å². The van der Waals surface area contributed by atoms with E-state index in [1.54, 1.807) is 6.20 Å². The second-order valence-corrected chi connectivity index (χ2v) is 8.64. The molecule has 2 aromatic rings. The van der Waals surface area contributed by atoms with Crippen LogP contribution >= 0.6 is 22.9 Å². The quantitative estimate of drug-likeness (QED) is 0.177. The highest BCUT2D eigenvalue weighted by molar-refractivity contribution is 8.15. The van der Waals surface area contributed by atoms with Gasteiger partial charge in [0, 0.05) is 23.5 Å². The number of hydrogen-bond acceptors (Lipinski definition) is 11. The maximum Gasteiger partial charge on any atom is 0.287 e. The number of oxime groups is 1. The van der Waals surface area contributed by atoms with Crippen LogP contribution in [0.2, 0.25) is 0 Å². The van der Waals surface area contributed by atoms with E-state index in [0.717, 1.165) is 28.2 Å². The van der Waals surface area contributed by atoms with Gasteiger partial charge in [-0.25, -0.2) is 0 Å². The van der Waals surface area contributed by atoms with E-state index in [1.165, 1.54) is 0 Å². The van der Waals surface area contributed by atoms with Crippen molar-refractivity contribution in [1.29, 1.82) is 0 Å². The molecule has 0 amide bonds. The molecule has 2 heterocycles. The predicted octanol–water partition coefficient (Wildman–Crippen LogP) is 0.712. The van der Waals surface area contributed by atoms with Gasteiger partial charge in [0.05, 0.1) is 6.61 Å². The van der Waals surface area contributed by atoms with Crippen molar-refractivity contribution < 1.29 is 43.1 Å². The molecule has 162 valence electrons. The second kappa shape index (κ2) is 9.18. The molecule has 0 bridgehead atoms. The Kier molecular flexibility index (Phi) is 7.06. The molecule has 0 saturated carbocycles. The largest absolute Gasteiger partial charge is 0.394 e. The van der Waals surface area contributed by atoms with Gasteiger partial charge >= 0.3 is 0 Å². The van der Waals surface area contributed by atoms with Crippen LogP contribution in [0.5, 0.6) is 0 Å². The molecule has 29 heavy (non-hydrogen) atoms. The number of aromatic nitrogens is 1. The number of hydrogen-bond donors (Lipinski definition) is 8. The van der Waals surface area contributed by atoms with Crippen LogP contribution in [-0.2, 0) is 15.4 Å². The summed E-state index contributed by atoms with van der Waals surface area (Å²) in [6.07, 6.45) is -3.92. The van der Waals surface area contributed by atoms with Gasteiger partial charge in [0.1, 0.15) is 34.9 Å². The Hall–Kier alpha value is -1.39. The van der Waals surface area contributed by atoms with Crippen LogP contribution in [0.15, 0.2) is 35.6 Å². The predicted molar refractivity (Wildman–Crippen MR) is 107 cm³/mol. The van der Waals surface area contributed by atoms with E-state index in [1.807, 2.05) is 24.3 Å². The molecule has 1 saturated heterocycles. The maximum absolute atomic E-state index is 10.2. The number of nitrogens with zero attached hydrogens (tertiary/aromatic N) is 1. The summed E-state index contributed by atoms with van der Waals surface area (Å²) in [5, 5.41) is 43.9. The summed E-state index contributed by atoms with van der Waals surface area (Å²) >= 11 is -3.59. The SMILES string of the molecule is OCC1OC(SC(Cc2c[nH]c3ccccc23)=NOS(O)(O)O)C(O)C(O)C1O. The van der Waals surface area contributed by atoms with Gasteiger partial charge in [0.15, 0.2) is 0 Å². The molecule has 0 spiro atoms. The van der Waals surface area contributed by atoms with Crippen molar-refractivity contribution in [1.82, 2.24) is 4.98 Å². The first-order chi connectivity index (χ1) is 13.7. The number of fused-ring (bicyclic) bond motifs is 1. The maximum atomic E-state index is 10.2. The molecule has 0 aliphatic carbocycles. The molecule has 13 heteroatoms. The second-order valence-electron chi connectivity index (χ2n) is 6.38. The fourth-order valence-corrected chi connectivity index (χ4v) is 4.25. The van der Waals surface area contributed by atoms with Gasteiger partial charge in [-0.2, -0.15) is 0 Å². The molecule has 5 atom stereocenters. The Bertz CT molecular complexity index is 854. The lowest BCUT2D eigenvalue weighted by atomic mass is 10.0. The van der Waals surface area contributed by atoms with Crippen molar-refractivity contribution in [3.63, 3.8) is 0 Å². The van der Waals surface area contributed by atoms with E-state index in [-0.39, 0.29) is 11.5 Å². The summed E-state index contributed by atoms with van der Waals surface area (Å²) in [5.74, 6) is 0. The molecule has 1 aliphatic heterocycles. The normalized spacial score (nSPS) is 29.2. The van der Waals surface area contributed by atoms with Gasteiger partial charge in [-0.3, -0.25) is 17.9 Å². The molecule has 1 aliphatic rings. The van der Waals surface area contributed by atoms with Gasteiger partial charge < -0.3 is 30.1 Å². The number of H-pyrrole nitrogens is 1. The zero-order valence-electron chi connectivity index (χ0n) is 14.9. The lowest BCUT2D eigenvalue weighted by molar-refractivity contribution is -0.205. The van der Waals surface area contributed by atoms with Crippen LogP contribution < -0.4 is 0 Å². The number of aliphatic hydroxyl groups excluding tert-OH is 4. The summed E-state index contributed by atoms with van der Waals surface area (Å²) in [6, 6.07) is 7.41. The van der Waals surface area contributed by atoms with E-state index in [9.17, 15) is 20.4 Å². The lowest BCUT2D eigenvalue weighted by Gasteiger charge is -2.39. The third kappa shape index (κ3) is 5.40. The lowest BCUT2D eigenvalue weighted by Crippen LogP contribution is -2.57. The molecule has 8 N–H and O–H groups in total. The molecule has 1 fully saturated rings. The van der Waals surface area contributed by atoms with Crippen molar-refractivity contribution in [2.75, 3.05) is 6.61 Å². The van der Waals surface area contributed by atoms with E-state index < -0.39 is 47.6 Å². The Morgan fingerprint density at radius 3 is 2.55 bits per heavy atom. The monoisotopic (exact) mass is 450 g/mol. The van der Waals surface area contributed by atoms with Crippen molar-refractivity contribution in [3.8, 4) is 0 Å². The third-order valence-electron chi connectivity index (χ3n) is 4.36. The van der Waals surface area contributed by atoms with Crippen molar-refractivity contribution in [2.45, 2.75) is 36.3 Å². The summed E-state index contributed by atoms with van der Waals surface area (Å²) < 4.78 is 36.9. The van der Waals surface area contributed by atoms with E-state index >= 15 is 0 Å². The molecular weight excluding hydrogens is 428 g/mol. The van der Waals surface area contributed by atoms with Crippen LogP contribution in [0.25, 0.3) is 10.9 Å². The van der Waals surface area contributed by atoms with Gasteiger partial charge in [-0.05, 0) is 11.6 Å². The average Bonchev–Trinajstić information content (AvgIpc) is 3.08. The molecule has 3 rings (SSSR count). The van der Waals surface area contributed by atoms with Crippen LogP contribution in [0.4, 0.5) is 0 Å². The standard InChI is InChI=1S/C16H22N2O9S2/c19-7-11-13(20)14(21)15(22)16(26-11)28-12(18-27-29(23,24)25)5-8-6-17-10-4-2-1-3-9(8)10/h1-4,6,11,13-17,19-25H,5,7H2. The summed E-state index contributed by atoms with van der Waals surface area (Å²) in [4.78, 5) is 3.07. The number of para-hydroxylation sites is 1. The molecule has 1 aromatic heterocycles. The number of ether oxygens (including phenoxy) is 1. The minimum absolute atomic E-state index is 0.0770. The number of aromatic amines is 1. The Labute approximate surface area is 171 Å². The minimum Gasteiger partial charge on any atom is -0.394 e. The topological polar surface area (TPSA) is 188 Å². The van der Waals surface area contributed by atoms with Crippen LogP contribution in [-0.4, -0.2) is 80.6 Å². The highest BCUT2D eigenvalue weighted by Crippen LogP contribution is 2.36. The smallest absolute Gasteiger partial charge is 0.287 e. The summed E-state index contributed by atoms with van der Waals surface area (Å²) in [7, 11) is 0. The van der Waals surface area contributed by atoms with Crippen LogP contribution in [0.3, 0.4) is 0 Å². The van der Waals surface area contributed by atoms with E-state index in [4.69, 9.17) is 18.4 Å². The fourth-order valence-electron chi connectivity index (χ4n) is 2.93. The summed E-state index contributed by atoms with van der Waals surface area (Å²) in [5.41, 5.74) is 0.458. The van der Waals surface area contributed by atoms with Gasteiger partial charge in [0.25, 0.3) is 11.2 Å². The first kappa shape index (κ1) is 22.3.